The highest BCUT2D eigenvalue weighted by molar-refractivity contribution is 5.71. The first-order valence-corrected chi connectivity index (χ1v) is 34.5. The Kier molecular flexibility index (Phi) is 63.6. The maximum atomic E-state index is 12.9. The Bertz CT molecular complexity index is 1120. The van der Waals surface area contributed by atoms with E-state index in [0.717, 1.165) is 57.8 Å². The molecule has 0 aromatic rings. The lowest BCUT2D eigenvalue weighted by atomic mass is 10.0. The monoisotopic (exact) mass is 1060 g/mol. The van der Waals surface area contributed by atoms with E-state index < -0.39 is 6.10 Å². The zero-order chi connectivity index (χ0) is 54.3. The van der Waals surface area contributed by atoms with Crippen molar-refractivity contribution in [3.05, 3.63) is 0 Å². The molecule has 0 saturated carbocycles. The number of ether oxygens (including phenoxy) is 3. The van der Waals surface area contributed by atoms with E-state index >= 15 is 0 Å². The van der Waals surface area contributed by atoms with Crippen LogP contribution in [0.1, 0.15) is 406 Å². The number of hydrogen-bond acceptors (Lipinski definition) is 6. The van der Waals surface area contributed by atoms with Crippen molar-refractivity contribution in [2.45, 2.75) is 412 Å². The molecule has 1 atom stereocenters. The van der Waals surface area contributed by atoms with Crippen molar-refractivity contribution in [1.82, 2.24) is 0 Å². The van der Waals surface area contributed by atoms with Gasteiger partial charge in [0.2, 0.25) is 0 Å². The molecule has 0 amide bonds. The van der Waals surface area contributed by atoms with E-state index in [1.807, 2.05) is 0 Å². The molecule has 0 N–H and O–H groups in total. The number of hydrogen-bond donors (Lipinski definition) is 0. The van der Waals surface area contributed by atoms with Crippen LogP contribution in [0.2, 0.25) is 0 Å². The molecule has 0 heterocycles. The Morgan fingerprint density at radius 3 is 0.533 bits per heavy atom. The fourth-order valence-corrected chi connectivity index (χ4v) is 10.9. The van der Waals surface area contributed by atoms with E-state index in [2.05, 4.69) is 20.8 Å². The van der Waals surface area contributed by atoms with Crippen LogP contribution in [0, 0.1) is 0 Å². The van der Waals surface area contributed by atoms with Crippen LogP contribution in [-0.4, -0.2) is 37.2 Å². The van der Waals surface area contributed by atoms with Crippen LogP contribution in [0.5, 0.6) is 0 Å². The highest BCUT2D eigenvalue weighted by Gasteiger charge is 2.19. The number of unbranched alkanes of at least 4 members (excludes halogenated alkanes) is 54. The normalized spacial score (nSPS) is 11.9. The van der Waals surface area contributed by atoms with Crippen molar-refractivity contribution in [3.63, 3.8) is 0 Å². The quantitative estimate of drug-likeness (QED) is 0.0343. The predicted molar refractivity (Wildman–Crippen MR) is 326 cm³/mol. The summed E-state index contributed by atoms with van der Waals surface area (Å²) in [6.45, 7) is 6.72. The molecule has 6 nitrogen and oxygen atoms in total. The fraction of sp³-hybridized carbons (Fsp3) is 0.957. The lowest BCUT2D eigenvalue weighted by Gasteiger charge is -2.18. The first-order valence-electron chi connectivity index (χ1n) is 34.5. The maximum Gasteiger partial charge on any atom is 0.306 e. The Labute approximate surface area is 469 Å². The smallest absolute Gasteiger partial charge is 0.306 e. The summed E-state index contributed by atoms with van der Waals surface area (Å²) < 4.78 is 17.0. The van der Waals surface area contributed by atoms with Crippen LogP contribution < -0.4 is 0 Å². The van der Waals surface area contributed by atoms with E-state index in [9.17, 15) is 14.4 Å². The predicted octanol–water partition coefficient (Wildman–Crippen LogP) is 23.5. The average molecular weight is 1060 g/mol. The lowest BCUT2D eigenvalue weighted by molar-refractivity contribution is -0.167. The van der Waals surface area contributed by atoms with Crippen LogP contribution >= 0.6 is 0 Å². The highest BCUT2D eigenvalue weighted by Crippen LogP contribution is 2.19. The molecule has 0 saturated heterocycles. The molecule has 0 rings (SSSR count). The number of carbonyl (C=O) groups excluding carboxylic acids is 3. The summed E-state index contributed by atoms with van der Waals surface area (Å²) in [6.07, 6.45) is 75.7. The molecule has 0 aliphatic rings. The summed E-state index contributed by atoms with van der Waals surface area (Å²) in [7, 11) is 0. The third-order valence-electron chi connectivity index (χ3n) is 16.1. The third-order valence-corrected chi connectivity index (χ3v) is 16.1. The molecule has 0 radical (unpaired) electrons. The highest BCUT2D eigenvalue weighted by atomic mass is 16.6. The zero-order valence-electron chi connectivity index (χ0n) is 51.4. The molecule has 0 aromatic heterocycles. The van der Waals surface area contributed by atoms with Gasteiger partial charge in [0.25, 0.3) is 0 Å². The van der Waals surface area contributed by atoms with Gasteiger partial charge in [0.05, 0.1) is 0 Å². The van der Waals surface area contributed by atoms with Crippen LogP contribution in [0.3, 0.4) is 0 Å². The molecule has 446 valence electrons. The van der Waals surface area contributed by atoms with Crippen molar-refractivity contribution < 1.29 is 28.6 Å². The van der Waals surface area contributed by atoms with Crippen molar-refractivity contribution in [3.8, 4) is 0 Å². The molecule has 0 aliphatic heterocycles. The van der Waals surface area contributed by atoms with Gasteiger partial charge in [-0.15, -0.1) is 0 Å². The first-order chi connectivity index (χ1) is 37.0. The summed E-state index contributed by atoms with van der Waals surface area (Å²) in [5, 5.41) is 0. The molecule has 6 heteroatoms. The minimum Gasteiger partial charge on any atom is -0.462 e. The van der Waals surface area contributed by atoms with Gasteiger partial charge in [0.15, 0.2) is 6.10 Å². The van der Waals surface area contributed by atoms with Crippen LogP contribution in [0.15, 0.2) is 0 Å². The lowest BCUT2D eigenvalue weighted by Crippen LogP contribution is -2.30. The molecule has 0 aromatic carbocycles. The molecule has 0 fully saturated rings. The standard InChI is InChI=1S/C69H134O6/c1-4-7-10-13-16-19-22-24-26-28-30-32-33-34-35-36-38-39-41-43-45-47-50-53-56-59-62-68(71)74-65-66(64-73-67(70)61-58-55-52-49-21-18-15-12-9-6-3)75-69(72)63-60-57-54-51-48-46-44-42-40-37-31-29-27-25-23-20-17-14-11-8-5-2/h66H,4-65H2,1-3H3. The minimum absolute atomic E-state index is 0.0606. The van der Waals surface area contributed by atoms with Gasteiger partial charge < -0.3 is 14.2 Å². The number of rotatable bonds is 65. The fourth-order valence-electron chi connectivity index (χ4n) is 10.9. The van der Waals surface area contributed by atoms with Crippen molar-refractivity contribution in [2.24, 2.45) is 0 Å². The minimum atomic E-state index is -0.762. The van der Waals surface area contributed by atoms with E-state index in [4.69, 9.17) is 14.2 Å². The Morgan fingerprint density at radius 1 is 0.213 bits per heavy atom. The van der Waals surface area contributed by atoms with E-state index in [1.54, 1.807) is 0 Å². The summed E-state index contributed by atoms with van der Waals surface area (Å²) in [4.78, 5) is 38.3. The van der Waals surface area contributed by atoms with Gasteiger partial charge in [-0.3, -0.25) is 14.4 Å². The Morgan fingerprint density at radius 2 is 0.360 bits per heavy atom. The molecule has 0 spiro atoms. The first kappa shape index (κ1) is 73.4. The van der Waals surface area contributed by atoms with E-state index in [-0.39, 0.29) is 31.1 Å². The van der Waals surface area contributed by atoms with Gasteiger partial charge >= 0.3 is 17.9 Å². The second kappa shape index (κ2) is 64.9. The van der Waals surface area contributed by atoms with Crippen LogP contribution in [0.4, 0.5) is 0 Å². The SMILES string of the molecule is CCCCCCCCCCCCCCCCCCCCCCCCCCCCC(=O)OCC(COC(=O)CCCCCCCCCCCC)OC(=O)CCCCCCCCCCCCCCCCCCCCCCC. The van der Waals surface area contributed by atoms with E-state index in [0.29, 0.717) is 19.3 Å². The summed E-state index contributed by atoms with van der Waals surface area (Å²) in [6, 6.07) is 0. The Hall–Kier alpha value is -1.59. The van der Waals surface area contributed by atoms with Gasteiger partial charge in [-0.2, -0.15) is 0 Å². The molecule has 1 unspecified atom stereocenters. The molecular weight excluding hydrogens is 925 g/mol. The van der Waals surface area contributed by atoms with Crippen molar-refractivity contribution in [2.75, 3.05) is 13.2 Å². The topological polar surface area (TPSA) is 78.9 Å². The molecule has 75 heavy (non-hydrogen) atoms. The number of carbonyl (C=O) groups is 3. The summed E-state index contributed by atoms with van der Waals surface area (Å²) in [5.74, 6) is -0.826. The third kappa shape index (κ3) is 63.1. The molecule has 0 bridgehead atoms. The van der Waals surface area contributed by atoms with Crippen molar-refractivity contribution in [1.29, 1.82) is 0 Å². The molecule has 0 aliphatic carbocycles. The molecular formula is C69H134O6. The second-order valence-corrected chi connectivity index (χ2v) is 23.8. The van der Waals surface area contributed by atoms with Crippen LogP contribution in [-0.2, 0) is 28.6 Å². The summed E-state index contributed by atoms with van der Waals surface area (Å²) in [5.41, 5.74) is 0. The van der Waals surface area contributed by atoms with E-state index in [1.165, 1.54) is 308 Å². The van der Waals surface area contributed by atoms with Gasteiger partial charge in [0, 0.05) is 19.3 Å². The number of esters is 3. The van der Waals surface area contributed by atoms with Gasteiger partial charge in [-0.25, -0.2) is 0 Å². The Balaban J connectivity index is 4.11. The largest absolute Gasteiger partial charge is 0.462 e. The van der Waals surface area contributed by atoms with Crippen LogP contribution in [0.25, 0.3) is 0 Å². The summed E-state index contributed by atoms with van der Waals surface area (Å²) >= 11 is 0. The average Bonchev–Trinajstić information content (AvgIpc) is 3.41. The van der Waals surface area contributed by atoms with Gasteiger partial charge in [-0.05, 0) is 19.3 Å². The zero-order valence-corrected chi connectivity index (χ0v) is 51.4. The maximum absolute atomic E-state index is 12.9. The van der Waals surface area contributed by atoms with Crippen molar-refractivity contribution >= 4 is 17.9 Å². The van der Waals surface area contributed by atoms with Gasteiger partial charge in [-0.1, -0.05) is 367 Å². The van der Waals surface area contributed by atoms with Gasteiger partial charge in [0.1, 0.15) is 13.2 Å². The second-order valence-electron chi connectivity index (χ2n) is 23.8.